The first-order valence-electron chi connectivity index (χ1n) is 7.04. The number of pyridine rings is 1. The van der Waals surface area contributed by atoms with Gasteiger partial charge in [0.05, 0.1) is 0 Å². The number of nitrogens with zero attached hydrogens (tertiary/aromatic N) is 4. The second-order valence-corrected chi connectivity index (χ2v) is 6.33. The summed E-state index contributed by atoms with van der Waals surface area (Å²) < 4.78 is 3.32. The van der Waals surface area contributed by atoms with Gasteiger partial charge in [0.25, 0.3) is 0 Å². The molecule has 20 heavy (non-hydrogen) atoms. The van der Waals surface area contributed by atoms with Crippen LogP contribution in [0.15, 0.2) is 29.1 Å². The summed E-state index contributed by atoms with van der Waals surface area (Å²) in [6, 6.07) is 2.13. The van der Waals surface area contributed by atoms with Crippen LogP contribution >= 0.6 is 15.9 Å². The zero-order chi connectivity index (χ0) is 14.1. The molecule has 5 heteroatoms. The lowest BCUT2D eigenvalue weighted by Gasteiger charge is -2.41. The third-order valence-corrected chi connectivity index (χ3v) is 4.28. The van der Waals surface area contributed by atoms with E-state index in [2.05, 4.69) is 61.5 Å². The third kappa shape index (κ3) is 2.59. The monoisotopic (exact) mass is 334 g/mol. The van der Waals surface area contributed by atoms with Crippen molar-refractivity contribution in [2.75, 3.05) is 18.0 Å². The van der Waals surface area contributed by atoms with Crippen LogP contribution in [0.3, 0.4) is 0 Å². The Kier molecular flexibility index (Phi) is 3.78. The highest BCUT2D eigenvalue weighted by atomic mass is 79.9. The first-order valence-corrected chi connectivity index (χ1v) is 7.83. The Labute approximate surface area is 128 Å². The molecule has 0 atom stereocenters. The molecule has 2 aromatic rings. The molecule has 2 aromatic heterocycles. The first kappa shape index (κ1) is 13.6. The molecule has 1 saturated heterocycles. The zero-order valence-electron chi connectivity index (χ0n) is 11.9. The minimum Gasteiger partial charge on any atom is -0.356 e. The minimum absolute atomic E-state index is 0.694. The molecule has 0 aliphatic carbocycles. The summed E-state index contributed by atoms with van der Waals surface area (Å²) >= 11 is 3.46. The Morgan fingerprint density at radius 3 is 2.85 bits per heavy atom. The summed E-state index contributed by atoms with van der Waals surface area (Å²) in [5, 5.41) is 0. The lowest BCUT2D eigenvalue weighted by molar-refractivity contribution is 0.350. The van der Waals surface area contributed by atoms with Crippen LogP contribution in [0.1, 0.15) is 18.3 Å². The van der Waals surface area contributed by atoms with Crippen molar-refractivity contribution in [2.45, 2.75) is 26.8 Å². The summed E-state index contributed by atoms with van der Waals surface area (Å²) in [5.41, 5.74) is 1.23. The number of hydrogen-bond donors (Lipinski definition) is 0. The molecule has 106 valence electrons. The van der Waals surface area contributed by atoms with Crippen LogP contribution in [-0.2, 0) is 13.0 Å². The van der Waals surface area contributed by atoms with Gasteiger partial charge in [-0.1, -0.05) is 6.92 Å². The Hall–Kier alpha value is -1.36. The average molecular weight is 335 g/mol. The molecule has 0 radical (unpaired) electrons. The maximum absolute atomic E-state index is 4.52. The fraction of sp³-hybridized carbons (Fsp3) is 0.467. The van der Waals surface area contributed by atoms with Crippen molar-refractivity contribution in [1.82, 2.24) is 14.5 Å². The van der Waals surface area contributed by atoms with Gasteiger partial charge < -0.3 is 9.47 Å². The van der Waals surface area contributed by atoms with Crippen molar-refractivity contribution in [2.24, 2.45) is 5.92 Å². The van der Waals surface area contributed by atoms with Crippen molar-refractivity contribution >= 4 is 21.7 Å². The number of aryl methyl sites for hydroxylation is 2. The van der Waals surface area contributed by atoms with Crippen LogP contribution in [0, 0.1) is 12.8 Å². The van der Waals surface area contributed by atoms with Crippen LogP contribution in [-0.4, -0.2) is 27.6 Å². The Morgan fingerprint density at radius 2 is 2.15 bits per heavy atom. The van der Waals surface area contributed by atoms with E-state index in [1.807, 2.05) is 12.4 Å². The molecule has 0 spiro atoms. The number of halogens is 1. The van der Waals surface area contributed by atoms with Crippen molar-refractivity contribution in [3.63, 3.8) is 0 Å². The summed E-state index contributed by atoms with van der Waals surface area (Å²) in [6.07, 6.45) is 6.86. The molecule has 3 heterocycles. The molecular weight excluding hydrogens is 316 g/mol. The number of anilines is 1. The van der Waals surface area contributed by atoms with Gasteiger partial charge in [0.1, 0.15) is 11.6 Å². The van der Waals surface area contributed by atoms with E-state index in [-0.39, 0.29) is 0 Å². The summed E-state index contributed by atoms with van der Waals surface area (Å²) in [4.78, 5) is 11.3. The molecule has 0 aromatic carbocycles. The molecule has 0 bridgehead atoms. The highest BCUT2D eigenvalue weighted by Gasteiger charge is 2.29. The quantitative estimate of drug-likeness (QED) is 0.861. The van der Waals surface area contributed by atoms with E-state index in [1.54, 1.807) is 0 Å². The van der Waals surface area contributed by atoms with Gasteiger partial charge in [0, 0.05) is 55.0 Å². The standard InChI is InChI=1S/C15H19BrN4/c1-3-14-17-4-5-19(14)8-12-9-20(10-12)15-11(2)6-13(16)7-18-15/h4-7,12H,3,8-10H2,1-2H3. The van der Waals surface area contributed by atoms with E-state index in [4.69, 9.17) is 0 Å². The molecule has 0 N–H and O–H groups in total. The predicted octanol–water partition coefficient (Wildman–Crippen LogP) is 3.05. The average Bonchev–Trinajstić information content (AvgIpc) is 2.81. The summed E-state index contributed by atoms with van der Waals surface area (Å²) in [7, 11) is 0. The van der Waals surface area contributed by atoms with Gasteiger partial charge in [-0.05, 0) is 34.5 Å². The van der Waals surface area contributed by atoms with Crippen LogP contribution < -0.4 is 4.90 Å². The second kappa shape index (κ2) is 5.56. The van der Waals surface area contributed by atoms with E-state index in [0.717, 1.165) is 36.3 Å². The zero-order valence-corrected chi connectivity index (χ0v) is 13.5. The lowest BCUT2D eigenvalue weighted by Crippen LogP contribution is -2.49. The lowest BCUT2D eigenvalue weighted by atomic mass is 9.99. The van der Waals surface area contributed by atoms with Gasteiger partial charge in [0.2, 0.25) is 0 Å². The molecule has 1 aliphatic heterocycles. The van der Waals surface area contributed by atoms with Crippen molar-refractivity contribution in [3.8, 4) is 0 Å². The van der Waals surface area contributed by atoms with E-state index >= 15 is 0 Å². The number of imidazole rings is 1. The fourth-order valence-electron chi connectivity index (χ4n) is 2.82. The van der Waals surface area contributed by atoms with Gasteiger partial charge in [-0.25, -0.2) is 9.97 Å². The highest BCUT2D eigenvalue weighted by Crippen LogP contribution is 2.28. The normalized spacial score (nSPS) is 15.4. The van der Waals surface area contributed by atoms with E-state index < -0.39 is 0 Å². The highest BCUT2D eigenvalue weighted by molar-refractivity contribution is 9.10. The summed E-state index contributed by atoms with van der Waals surface area (Å²) in [5.74, 6) is 2.99. The van der Waals surface area contributed by atoms with Crippen molar-refractivity contribution in [1.29, 1.82) is 0 Å². The second-order valence-electron chi connectivity index (χ2n) is 5.41. The van der Waals surface area contributed by atoms with E-state index in [1.165, 1.54) is 11.4 Å². The van der Waals surface area contributed by atoms with Crippen molar-refractivity contribution in [3.05, 3.63) is 40.5 Å². The maximum atomic E-state index is 4.52. The number of hydrogen-bond acceptors (Lipinski definition) is 3. The fourth-order valence-corrected chi connectivity index (χ4v) is 3.27. The van der Waals surface area contributed by atoms with E-state index in [0.29, 0.717) is 5.92 Å². The van der Waals surface area contributed by atoms with Gasteiger partial charge in [-0.2, -0.15) is 0 Å². The minimum atomic E-state index is 0.694. The molecule has 4 nitrogen and oxygen atoms in total. The Bertz CT molecular complexity index is 602. The summed E-state index contributed by atoms with van der Waals surface area (Å²) in [6.45, 7) is 7.50. The molecule has 0 unspecified atom stereocenters. The topological polar surface area (TPSA) is 34.0 Å². The smallest absolute Gasteiger partial charge is 0.131 e. The van der Waals surface area contributed by atoms with E-state index in [9.17, 15) is 0 Å². The molecule has 3 rings (SSSR count). The molecule has 0 saturated carbocycles. The maximum Gasteiger partial charge on any atom is 0.131 e. The third-order valence-electron chi connectivity index (χ3n) is 3.85. The van der Waals surface area contributed by atoms with Crippen molar-refractivity contribution < 1.29 is 0 Å². The van der Waals surface area contributed by atoms with Crippen LogP contribution in [0.5, 0.6) is 0 Å². The Morgan fingerprint density at radius 1 is 1.35 bits per heavy atom. The van der Waals surface area contributed by atoms with Gasteiger partial charge in [-0.3, -0.25) is 0 Å². The number of rotatable bonds is 4. The van der Waals surface area contributed by atoms with Crippen LogP contribution in [0.2, 0.25) is 0 Å². The molecule has 1 fully saturated rings. The molecule has 0 amide bonds. The van der Waals surface area contributed by atoms with Gasteiger partial charge in [0.15, 0.2) is 0 Å². The number of aromatic nitrogens is 3. The Balaban J connectivity index is 1.61. The molecule has 1 aliphatic rings. The largest absolute Gasteiger partial charge is 0.356 e. The van der Waals surface area contributed by atoms with Gasteiger partial charge >= 0.3 is 0 Å². The van der Waals surface area contributed by atoms with Crippen LogP contribution in [0.25, 0.3) is 0 Å². The van der Waals surface area contributed by atoms with Crippen LogP contribution in [0.4, 0.5) is 5.82 Å². The predicted molar refractivity (Wildman–Crippen MR) is 84.0 cm³/mol. The van der Waals surface area contributed by atoms with Gasteiger partial charge in [-0.15, -0.1) is 0 Å². The SMILES string of the molecule is CCc1nccn1CC1CN(c2ncc(Br)cc2C)C1. The molecular formula is C15H19BrN4. The first-order chi connectivity index (χ1) is 9.67.